The Morgan fingerprint density at radius 2 is 1.87 bits per heavy atom. The topological polar surface area (TPSA) is 113 Å². The summed E-state index contributed by atoms with van der Waals surface area (Å²) in [6, 6.07) is 16.2. The summed E-state index contributed by atoms with van der Waals surface area (Å²) >= 11 is 1.21. The lowest BCUT2D eigenvalue weighted by Crippen LogP contribution is -2.43. The van der Waals surface area contributed by atoms with Gasteiger partial charge < -0.3 is 15.4 Å². The first-order chi connectivity index (χ1) is 15.0. The summed E-state index contributed by atoms with van der Waals surface area (Å²) in [6.07, 6.45) is 1.97. The van der Waals surface area contributed by atoms with Crippen molar-refractivity contribution in [1.82, 2.24) is 25.1 Å². The maximum Gasteiger partial charge on any atom is 0.326 e. The molecule has 0 fully saturated rings. The minimum atomic E-state index is -1.08. The van der Waals surface area contributed by atoms with Crippen LogP contribution < -0.4 is 5.32 Å². The van der Waals surface area contributed by atoms with Crippen LogP contribution in [0, 0.1) is 6.92 Å². The van der Waals surface area contributed by atoms with Crippen LogP contribution >= 0.6 is 11.8 Å². The molecule has 0 bridgehead atoms. The monoisotopic (exact) mass is 435 g/mol. The van der Waals surface area contributed by atoms with Crippen molar-refractivity contribution in [2.24, 2.45) is 0 Å². The molecule has 0 aliphatic heterocycles. The Hall–Kier alpha value is -3.59. The Morgan fingerprint density at radius 1 is 1.13 bits per heavy atom. The molecule has 8 nitrogen and oxygen atoms in total. The molecule has 2 aromatic carbocycles. The molecule has 31 heavy (non-hydrogen) atoms. The van der Waals surface area contributed by atoms with Crippen LogP contribution in [-0.4, -0.2) is 48.5 Å². The van der Waals surface area contributed by atoms with E-state index < -0.39 is 12.0 Å². The lowest BCUT2D eigenvalue weighted by molar-refractivity contribution is -0.141. The van der Waals surface area contributed by atoms with Gasteiger partial charge >= 0.3 is 5.97 Å². The van der Waals surface area contributed by atoms with E-state index in [0.29, 0.717) is 11.0 Å². The Morgan fingerprint density at radius 3 is 2.65 bits per heavy atom. The molecule has 158 valence electrons. The van der Waals surface area contributed by atoms with Gasteiger partial charge in [0.25, 0.3) is 0 Å². The SMILES string of the molecule is Cc1nnc(SCC(=O)NC(Cc2c[nH]c3ccccc23)C(=O)O)n1-c1ccccc1. The molecular weight excluding hydrogens is 414 g/mol. The van der Waals surface area contributed by atoms with Crippen molar-refractivity contribution in [3.63, 3.8) is 0 Å². The van der Waals surface area contributed by atoms with Crippen LogP contribution in [0.4, 0.5) is 0 Å². The molecule has 1 atom stereocenters. The number of carbonyl (C=O) groups is 2. The summed E-state index contributed by atoms with van der Waals surface area (Å²) < 4.78 is 1.86. The Kier molecular flexibility index (Phi) is 6.03. The molecule has 0 spiro atoms. The summed E-state index contributed by atoms with van der Waals surface area (Å²) in [6.45, 7) is 1.84. The number of hydrogen-bond acceptors (Lipinski definition) is 5. The molecule has 3 N–H and O–H groups in total. The molecule has 4 aromatic rings. The number of hydrogen-bond donors (Lipinski definition) is 3. The first-order valence-corrected chi connectivity index (χ1v) is 10.7. The summed E-state index contributed by atoms with van der Waals surface area (Å²) in [5.74, 6) is -0.718. The van der Waals surface area contributed by atoms with Crippen LogP contribution in [0.25, 0.3) is 16.6 Å². The predicted molar refractivity (Wildman–Crippen MR) is 118 cm³/mol. The van der Waals surface area contributed by atoms with Gasteiger partial charge in [0.1, 0.15) is 11.9 Å². The molecule has 0 saturated heterocycles. The molecule has 1 unspecified atom stereocenters. The van der Waals surface area contributed by atoms with E-state index in [4.69, 9.17) is 0 Å². The quantitative estimate of drug-likeness (QED) is 0.367. The van der Waals surface area contributed by atoms with E-state index in [1.54, 1.807) is 6.20 Å². The van der Waals surface area contributed by atoms with E-state index in [1.807, 2.05) is 66.1 Å². The average Bonchev–Trinajstić information content (AvgIpc) is 3.35. The summed E-state index contributed by atoms with van der Waals surface area (Å²) in [5.41, 5.74) is 2.67. The minimum Gasteiger partial charge on any atom is -0.480 e. The second-order valence-corrected chi connectivity index (χ2v) is 7.95. The molecule has 2 heterocycles. The first-order valence-electron chi connectivity index (χ1n) is 9.70. The lowest BCUT2D eigenvalue weighted by atomic mass is 10.1. The normalized spacial score (nSPS) is 12.0. The maximum absolute atomic E-state index is 12.5. The zero-order valence-electron chi connectivity index (χ0n) is 16.8. The predicted octanol–water partition coefficient (Wildman–Crippen LogP) is 2.96. The fourth-order valence-electron chi connectivity index (χ4n) is 3.40. The highest BCUT2D eigenvalue weighted by molar-refractivity contribution is 7.99. The highest BCUT2D eigenvalue weighted by atomic mass is 32.2. The molecular formula is C22H21N5O3S. The van der Waals surface area contributed by atoms with E-state index >= 15 is 0 Å². The van der Waals surface area contributed by atoms with E-state index in [-0.39, 0.29) is 18.1 Å². The Balaban J connectivity index is 1.42. The summed E-state index contributed by atoms with van der Waals surface area (Å²) in [5, 5.41) is 22.0. The lowest BCUT2D eigenvalue weighted by Gasteiger charge is -2.14. The number of carbonyl (C=O) groups excluding carboxylic acids is 1. The van der Waals surface area contributed by atoms with E-state index in [1.165, 1.54) is 11.8 Å². The molecule has 2 aromatic heterocycles. The number of para-hydroxylation sites is 2. The van der Waals surface area contributed by atoms with Crippen LogP contribution in [0.3, 0.4) is 0 Å². The van der Waals surface area contributed by atoms with Crippen LogP contribution in [0.2, 0.25) is 0 Å². The first kappa shape index (κ1) is 20.7. The number of thioether (sulfide) groups is 1. The molecule has 1 amide bonds. The number of aliphatic carboxylic acids is 1. The highest BCUT2D eigenvalue weighted by Crippen LogP contribution is 2.22. The van der Waals surface area contributed by atoms with Crippen LogP contribution in [-0.2, 0) is 16.0 Å². The van der Waals surface area contributed by atoms with Crippen molar-refractivity contribution in [2.75, 3.05) is 5.75 Å². The van der Waals surface area contributed by atoms with Crippen molar-refractivity contribution >= 4 is 34.5 Å². The molecule has 0 saturated carbocycles. The van der Waals surface area contributed by atoms with Gasteiger partial charge in [-0.05, 0) is 30.7 Å². The van der Waals surface area contributed by atoms with Gasteiger partial charge in [0.15, 0.2) is 5.16 Å². The van der Waals surface area contributed by atoms with Crippen molar-refractivity contribution in [1.29, 1.82) is 0 Å². The number of rotatable bonds is 8. The number of benzene rings is 2. The zero-order valence-corrected chi connectivity index (χ0v) is 17.6. The van der Waals surface area contributed by atoms with Gasteiger partial charge in [-0.1, -0.05) is 48.2 Å². The van der Waals surface area contributed by atoms with Crippen LogP contribution in [0.15, 0.2) is 66.0 Å². The molecule has 9 heteroatoms. The number of amides is 1. The number of carboxylic acid groups (broad SMARTS) is 1. The number of H-pyrrole nitrogens is 1. The largest absolute Gasteiger partial charge is 0.480 e. The van der Waals surface area contributed by atoms with Gasteiger partial charge in [-0.2, -0.15) is 0 Å². The molecule has 0 aliphatic carbocycles. The fourth-order valence-corrected chi connectivity index (χ4v) is 4.21. The minimum absolute atomic E-state index is 0.0304. The van der Waals surface area contributed by atoms with Crippen molar-refractivity contribution < 1.29 is 14.7 Å². The van der Waals surface area contributed by atoms with Gasteiger partial charge in [-0.25, -0.2) is 4.79 Å². The second-order valence-electron chi connectivity index (χ2n) is 7.01. The number of fused-ring (bicyclic) bond motifs is 1. The third kappa shape index (κ3) is 4.61. The Labute approximate surface area is 182 Å². The number of aromatic nitrogens is 4. The summed E-state index contributed by atoms with van der Waals surface area (Å²) in [7, 11) is 0. The maximum atomic E-state index is 12.5. The van der Waals surface area contributed by atoms with Gasteiger partial charge in [-0.15, -0.1) is 10.2 Å². The fraction of sp³-hybridized carbons (Fsp3) is 0.182. The number of aryl methyl sites for hydroxylation is 1. The van der Waals surface area contributed by atoms with E-state index in [0.717, 1.165) is 22.2 Å². The van der Waals surface area contributed by atoms with Gasteiger partial charge in [0.2, 0.25) is 5.91 Å². The number of nitrogens with zero attached hydrogens (tertiary/aromatic N) is 3. The van der Waals surface area contributed by atoms with Crippen molar-refractivity contribution in [2.45, 2.75) is 24.5 Å². The van der Waals surface area contributed by atoms with E-state index in [2.05, 4.69) is 20.5 Å². The van der Waals surface area contributed by atoms with Crippen molar-refractivity contribution in [3.8, 4) is 5.69 Å². The van der Waals surface area contributed by atoms with Crippen molar-refractivity contribution in [3.05, 3.63) is 72.2 Å². The number of nitrogens with one attached hydrogen (secondary N) is 2. The van der Waals surface area contributed by atoms with E-state index in [9.17, 15) is 14.7 Å². The average molecular weight is 436 g/mol. The van der Waals surface area contributed by atoms with Crippen LogP contribution in [0.5, 0.6) is 0 Å². The highest BCUT2D eigenvalue weighted by Gasteiger charge is 2.22. The molecule has 0 aliphatic rings. The Bertz CT molecular complexity index is 1220. The number of aromatic amines is 1. The smallest absolute Gasteiger partial charge is 0.326 e. The molecule has 4 rings (SSSR count). The van der Waals surface area contributed by atoms with Crippen LogP contribution in [0.1, 0.15) is 11.4 Å². The van der Waals surface area contributed by atoms with Gasteiger partial charge in [-0.3, -0.25) is 9.36 Å². The second kappa shape index (κ2) is 9.05. The van der Waals surface area contributed by atoms with Gasteiger partial charge in [0.05, 0.1) is 5.75 Å². The van der Waals surface area contributed by atoms with Gasteiger partial charge in [0, 0.05) is 29.2 Å². The third-order valence-corrected chi connectivity index (χ3v) is 5.80. The third-order valence-electron chi connectivity index (χ3n) is 4.87. The summed E-state index contributed by atoms with van der Waals surface area (Å²) in [4.78, 5) is 27.4. The zero-order chi connectivity index (χ0) is 21.8. The number of carboxylic acids is 1. The molecule has 0 radical (unpaired) electrons. The standard InChI is InChI=1S/C22H21N5O3S/c1-14-25-26-22(27(14)16-7-3-2-4-8-16)31-13-20(28)24-19(21(29)30)11-15-12-23-18-10-6-5-9-17(15)18/h2-10,12,19,23H,11,13H2,1H3,(H,24,28)(H,29,30).